The molecule has 1 aliphatic heterocycles. The molecule has 0 aliphatic carbocycles. The Hall–Kier alpha value is -0.940. The molecule has 2 N–H and O–H groups in total. The van der Waals surface area contributed by atoms with E-state index >= 15 is 0 Å². The van der Waals surface area contributed by atoms with Crippen molar-refractivity contribution in [3.63, 3.8) is 0 Å². The lowest BCUT2D eigenvalue weighted by Gasteiger charge is -2.22. The molecule has 1 fully saturated rings. The van der Waals surface area contributed by atoms with Gasteiger partial charge in [-0.15, -0.1) is 11.3 Å². The summed E-state index contributed by atoms with van der Waals surface area (Å²) >= 11 is 1.78. The number of benzene rings is 1. The smallest absolute Gasteiger partial charge is 0.0738 e. The molecule has 0 unspecified atom stereocenters. The second-order valence-corrected chi connectivity index (χ2v) is 5.96. The molecule has 2 aromatic rings. The van der Waals surface area contributed by atoms with Crippen molar-refractivity contribution in [2.45, 2.75) is 32.1 Å². The zero-order valence-electron chi connectivity index (χ0n) is 10.9. The SMILES string of the molecule is NCc1sc2ccccc2c1COC1CCOCC1. The van der Waals surface area contributed by atoms with Gasteiger partial charge >= 0.3 is 0 Å². The molecule has 0 radical (unpaired) electrons. The van der Waals surface area contributed by atoms with Crippen molar-refractivity contribution in [1.82, 2.24) is 0 Å². The van der Waals surface area contributed by atoms with E-state index in [1.807, 2.05) is 0 Å². The van der Waals surface area contributed by atoms with Crippen molar-refractivity contribution in [2.75, 3.05) is 13.2 Å². The highest BCUT2D eigenvalue weighted by Gasteiger charge is 2.16. The van der Waals surface area contributed by atoms with Crippen molar-refractivity contribution in [3.05, 3.63) is 34.7 Å². The highest BCUT2D eigenvalue weighted by Crippen LogP contribution is 2.32. The van der Waals surface area contributed by atoms with Crippen LogP contribution in [0.3, 0.4) is 0 Å². The van der Waals surface area contributed by atoms with Gasteiger partial charge in [0.2, 0.25) is 0 Å². The van der Waals surface area contributed by atoms with Gasteiger partial charge in [0.1, 0.15) is 0 Å². The van der Waals surface area contributed by atoms with Crippen LogP contribution in [0.2, 0.25) is 0 Å². The normalized spacial score (nSPS) is 17.1. The summed E-state index contributed by atoms with van der Waals surface area (Å²) in [5, 5.41) is 1.29. The van der Waals surface area contributed by atoms with E-state index in [0.29, 0.717) is 19.3 Å². The fourth-order valence-corrected chi connectivity index (χ4v) is 3.61. The summed E-state index contributed by atoms with van der Waals surface area (Å²) in [5.41, 5.74) is 7.13. The van der Waals surface area contributed by atoms with Crippen LogP contribution in [0, 0.1) is 0 Å². The van der Waals surface area contributed by atoms with Gasteiger partial charge in [-0.1, -0.05) is 18.2 Å². The Balaban J connectivity index is 1.78. The van der Waals surface area contributed by atoms with Crippen LogP contribution in [-0.4, -0.2) is 19.3 Å². The van der Waals surface area contributed by atoms with Crippen LogP contribution in [0.25, 0.3) is 10.1 Å². The highest BCUT2D eigenvalue weighted by atomic mass is 32.1. The van der Waals surface area contributed by atoms with E-state index in [4.69, 9.17) is 15.2 Å². The minimum Gasteiger partial charge on any atom is -0.381 e. The lowest BCUT2D eigenvalue weighted by atomic mass is 10.1. The summed E-state index contributed by atoms with van der Waals surface area (Å²) in [6.45, 7) is 2.89. The maximum atomic E-state index is 6.05. The van der Waals surface area contributed by atoms with Crippen LogP contribution < -0.4 is 5.73 Å². The van der Waals surface area contributed by atoms with Gasteiger partial charge in [0.15, 0.2) is 0 Å². The summed E-state index contributed by atoms with van der Waals surface area (Å²) in [4.78, 5) is 1.24. The van der Waals surface area contributed by atoms with Gasteiger partial charge in [0, 0.05) is 34.9 Å². The summed E-state index contributed by atoms with van der Waals surface area (Å²) in [7, 11) is 0. The Bertz CT molecular complexity index is 546. The molecule has 0 atom stereocenters. The molecule has 0 bridgehead atoms. The maximum absolute atomic E-state index is 6.05. The lowest BCUT2D eigenvalue weighted by Crippen LogP contribution is -2.23. The van der Waals surface area contributed by atoms with Crippen molar-refractivity contribution in [3.8, 4) is 0 Å². The highest BCUT2D eigenvalue weighted by molar-refractivity contribution is 7.19. The number of ether oxygens (including phenoxy) is 2. The molecule has 0 saturated carbocycles. The molecule has 4 heteroatoms. The minimum absolute atomic E-state index is 0.332. The second-order valence-electron chi connectivity index (χ2n) is 4.83. The lowest BCUT2D eigenvalue weighted by molar-refractivity contribution is -0.0388. The first kappa shape index (κ1) is 13.1. The quantitative estimate of drug-likeness (QED) is 0.934. The standard InChI is InChI=1S/C15H19NO2S/c16-9-15-13(10-18-11-5-7-17-8-6-11)12-3-1-2-4-14(12)19-15/h1-4,11H,5-10,16H2. The second kappa shape index (κ2) is 6.01. The Morgan fingerprint density at radius 2 is 2.05 bits per heavy atom. The monoisotopic (exact) mass is 277 g/mol. The van der Waals surface area contributed by atoms with Crippen LogP contribution in [-0.2, 0) is 22.6 Å². The fraction of sp³-hybridized carbons (Fsp3) is 0.467. The topological polar surface area (TPSA) is 44.5 Å². The predicted octanol–water partition coefficient (Wildman–Crippen LogP) is 3.06. The fourth-order valence-electron chi connectivity index (χ4n) is 2.52. The molecule has 2 heterocycles. The van der Waals surface area contributed by atoms with E-state index in [2.05, 4.69) is 24.3 Å². The molecule has 1 aromatic carbocycles. The first-order valence-corrected chi connectivity index (χ1v) is 7.59. The van der Waals surface area contributed by atoms with Crippen LogP contribution in [0.1, 0.15) is 23.3 Å². The Morgan fingerprint density at radius 3 is 2.84 bits per heavy atom. The van der Waals surface area contributed by atoms with Gasteiger partial charge in [-0.3, -0.25) is 0 Å². The zero-order chi connectivity index (χ0) is 13.1. The molecule has 19 heavy (non-hydrogen) atoms. The largest absolute Gasteiger partial charge is 0.381 e. The average Bonchev–Trinajstić information content (AvgIpc) is 2.84. The number of fused-ring (bicyclic) bond motifs is 1. The molecular weight excluding hydrogens is 258 g/mol. The molecule has 102 valence electrons. The first-order chi connectivity index (χ1) is 9.38. The molecule has 3 nitrogen and oxygen atoms in total. The molecule has 1 aromatic heterocycles. The molecule has 0 spiro atoms. The van der Waals surface area contributed by atoms with Gasteiger partial charge < -0.3 is 15.2 Å². The van der Waals surface area contributed by atoms with E-state index in [1.54, 1.807) is 11.3 Å². The molecule has 1 aliphatic rings. The number of thiophene rings is 1. The van der Waals surface area contributed by atoms with Crippen molar-refractivity contribution in [1.29, 1.82) is 0 Å². The van der Waals surface area contributed by atoms with E-state index < -0.39 is 0 Å². The van der Waals surface area contributed by atoms with Crippen molar-refractivity contribution in [2.24, 2.45) is 5.73 Å². The number of nitrogens with two attached hydrogens (primary N) is 1. The Kier molecular flexibility index (Phi) is 4.13. The first-order valence-electron chi connectivity index (χ1n) is 6.77. The minimum atomic E-state index is 0.332. The van der Waals surface area contributed by atoms with E-state index in [9.17, 15) is 0 Å². The van der Waals surface area contributed by atoms with Crippen LogP contribution in [0.15, 0.2) is 24.3 Å². The third-order valence-electron chi connectivity index (χ3n) is 3.60. The van der Waals surface area contributed by atoms with Crippen LogP contribution in [0.5, 0.6) is 0 Å². The van der Waals surface area contributed by atoms with Gasteiger partial charge in [-0.25, -0.2) is 0 Å². The third-order valence-corrected chi connectivity index (χ3v) is 4.83. The Labute approximate surface area is 117 Å². The summed E-state index contributed by atoms with van der Waals surface area (Å²) in [6.07, 6.45) is 2.33. The zero-order valence-corrected chi connectivity index (χ0v) is 11.7. The summed E-state index contributed by atoms with van der Waals surface area (Å²) < 4.78 is 12.7. The van der Waals surface area contributed by atoms with Crippen LogP contribution in [0.4, 0.5) is 0 Å². The molecular formula is C15H19NO2S. The van der Waals surface area contributed by atoms with E-state index in [-0.39, 0.29) is 0 Å². The van der Waals surface area contributed by atoms with Crippen LogP contribution >= 0.6 is 11.3 Å². The van der Waals surface area contributed by atoms with Gasteiger partial charge in [-0.2, -0.15) is 0 Å². The van der Waals surface area contributed by atoms with E-state index in [1.165, 1.54) is 20.5 Å². The number of hydrogen-bond acceptors (Lipinski definition) is 4. The molecule has 0 amide bonds. The molecule has 1 saturated heterocycles. The van der Waals surface area contributed by atoms with Crippen molar-refractivity contribution >= 4 is 21.4 Å². The maximum Gasteiger partial charge on any atom is 0.0738 e. The van der Waals surface area contributed by atoms with Gasteiger partial charge in [0.25, 0.3) is 0 Å². The number of rotatable bonds is 4. The molecule has 3 rings (SSSR count). The predicted molar refractivity (Wildman–Crippen MR) is 78.3 cm³/mol. The summed E-state index contributed by atoms with van der Waals surface area (Å²) in [5.74, 6) is 0. The average molecular weight is 277 g/mol. The van der Waals surface area contributed by atoms with Gasteiger partial charge in [0.05, 0.1) is 12.7 Å². The summed E-state index contributed by atoms with van der Waals surface area (Å²) in [6, 6.07) is 8.46. The third kappa shape index (κ3) is 2.82. The number of hydrogen-bond donors (Lipinski definition) is 1. The van der Waals surface area contributed by atoms with Gasteiger partial charge in [-0.05, 0) is 24.3 Å². The van der Waals surface area contributed by atoms with Crippen molar-refractivity contribution < 1.29 is 9.47 Å². The Morgan fingerprint density at radius 1 is 1.26 bits per heavy atom. The van der Waals surface area contributed by atoms with E-state index in [0.717, 1.165) is 26.1 Å².